The van der Waals surface area contributed by atoms with Crippen molar-refractivity contribution in [2.75, 3.05) is 0 Å². The molecule has 0 aliphatic heterocycles. The Kier molecular flexibility index (Phi) is 3.42. The molecule has 0 bridgehead atoms. The van der Waals surface area contributed by atoms with Crippen molar-refractivity contribution in [3.63, 3.8) is 0 Å². The maximum Gasteiger partial charge on any atom is 0.248 e. The van der Waals surface area contributed by atoms with E-state index in [-0.39, 0.29) is 25.2 Å². The lowest BCUT2D eigenvalue weighted by Crippen LogP contribution is -2.25. The van der Waals surface area contributed by atoms with E-state index in [1.165, 1.54) is 0 Å². The molecule has 1 aliphatic rings. The second kappa shape index (κ2) is 4.68. The zero-order chi connectivity index (χ0) is 12.5. The molecule has 1 aromatic rings. The highest BCUT2D eigenvalue weighted by molar-refractivity contribution is 5.00. The number of rotatable bonds is 3. The number of aromatic nitrogens is 2. The Hall–Kier alpha value is -1.04. The van der Waals surface area contributed by atoms with Crippen LogP contribution in [0.25, 0.3) is 0 Å². The fourth-order valence-electron chi connectivity index (χ4n) is 2.16. The zero-order valence-electron chi connectivity index (χ0n) is 9.70. The predicted octanol–water partition coefficient (Wildman–Crippen LogP) is 2.29. The molecule has 1 saturated carbocycles. The fraction of sp³-hybridized carbons (Fsp3) is 0.818. The summed E-state index contributed by atoms with van der Waals surface area (Å²) >= 11 is 0. The first-order chi connectivity index (χ1) is 7.96. The van der Waals surface area contributed by atoms with E-state index in [4.69, 9.17) is 9.63 Å². The van der Waals surface area contributed by atoms with Crippen LogP contribution in [0.2, 0.25) is 0 Å². The Labute approximate surface area is 98.0 Å². The second-order valence-corrected chi connectivity index (χ2v) is 4.75. The van der Waals surface area contributed by atoms with Crippen molar-refractivity contribution in [3.05, 3.63) is 11.7 Å². The van der Waals surface area contributed by atoms with Gasteiger partial charge in [-0.3, -0.25) is 0 Å². The topological polar surface area (TPSA) is 59.2 Å². The van der Waals surface area contributed by atoms with E-state index in [9.17, 15) is 8.78 Å². The van der Waals surface area contributed by atoms with Crippen LogP contribution in [0.5, 0.6) is 0 Å². The molecule has 0 radical (unpaired) electrons. The van der Waals surface area contributed by atoms with Gasteiger partial charge in [0.1, 0.15) is 0 Å². The van der Waals surface area contributed by atoms with Crippen LogP contribution in [-0.2, 0) is 6.42 Å². The molecular formula is C11H16F2N2O2. The highest BCUT2D eigenvalue weighted by atomic mass is 19.3. The van der Waals surface area contributed by atoms with Crippen LogP contribution in [0.3, 0.4) is 0 Å². The molecule has 0 aromatic carbocycles. The van der Waals surface area contributed by atoms with Crippen molar-refractivity contribution in [1.29, 1.82) is 0 Å². The maximum absolute atomic E-state index is 13.2. The molecule has 0 amide bonds. The van der Waals surface area contributed by atoms with E-state index in [2.05, 4.69) is 10.1 Å². The van der Waals surface area contributed by atoms with Gasteiger partial charge >= 0.3 is 0 Å². The molecule has 17 heavy (non-hydrogen) atoms. The molecule has 1 heterocycles. The van der Waals surface area contributed by atoms with Gasteiger partial charge in [0.15, 0.2) is 5.82 Å². The maximum atomic E-state index is 13.2. The van der Waals surface area contributed by atoms with Crippen molar-refractivity contribution >= 4 is 0 Å². The summed E-state index contributed by atoms with van der Waals surface area (Å²) in [4.78, 5) is 4.07. The third-order valence-electron chi connectivity index (χ3n) is 2.96. The largest absolute Gasteiger partial charge is 0.393 e. The fourth-order valence-corrected chi connectivity index (χ4v) is 2.16. The van der Waals surface area contributed by atoms with Gasteiger partial charge in [0, 0.05) is 18.8 Å². The summed E-state index contributed by atoms with van der Waals surface area (Å²) in [7, 11) is 0. The molecule has 6 heteroatoms. The molecule has 1 N–H and O–H groups in total. The third kappa shape index (κ3) is 3.21. The van der Waals surface area contributed by atoms with Gasteiger partial charge in [-0.1, -0.05) is 5.16 Å². The minimum atomic E-state index is -2.62. The van der Waals surface area contributed by atoms with Crippen molar-refractivity contribution < 1.29 is 18.4 Å². The molecule has 2 atom stereocenters. The van der Waals surface area contributed by atoms with Crippen LogP contribution in [0.15, 0.2) is 4.52 Å². The Bertz CT molecular complexity index is 379. The SMILES string of the molecule is CC(O)Cc1nc(C2CCCC(F)(F)C2)no1. The minimum Gasteiger partial charge on any atom is -0.393 e. The van der Waals surface area contributed by atoms with Gasteiger partial charge in [-0.2, -0.15) is 4.98 Å². The molecule has 2 unspecified atom stereocenters. The molecule has 1 fully saturated rings. The number of hydrogen-bond donors (Lipinski definition) is 1. The Morgan fingerprint density at radius 2 is 2.35 bits per heavy atom. The lowest BCUT2D eigenvalue weighted by atomic mass is 9.86. The molecule has 1 aliphatic carbocycles. The third-order valence-corrected chi connectivity index (χ3v) is 2.96. The highest BCUT2D eigenvalue weighted by Crippen LogP contribution is 2.40. The number of hydrogen-bond acceptors (Lipinski definition) is 4. The normalized spacial score (nSPS) is 25.8. The van der Waals surface area contributed by atoms with Crippen LogP contribution in [0.1, 0.15) is 50.2 Å². The van der Waals surface area contributed by atoms with Crippen LogP contribution in [0, 0.1) is 0 Å². The number of halogens is 2. The summed E-state index contributed by atoms with van der Waals surface area (Å²) in [5, 5.41) is 12.9. The Morgan fingerprint density at radius 3 is 3.00 bits per heavy atom. The van der Waals surface area contributed by atoms with Gasteiger partial charge in [0.25, 0.3) is 0 Å². The average Bonchev–Trinajstić information content (AvgIpc) is 2.63. The number of nitrogens with zero attached hydrogens (tertiary/aromatic N) is 2. The van der Waals surface area contributed by atoms with E-state index < -0.39 is 12.0 Å². The summed E-state index contributed by atoms with van der Waals surface area (Å²) in [5.74, 6) is -2.29. The molecule has 0 spiro atoms. The molecular weight excluding hydrogens is 230 g/mol. The van der Waals surface area contributed by atoms with Gasteiger partial charge < -0.3 is 9.63 Å². The summed E-state index contributed by atoms with van der Waals surface area (Å²) in [6.07, 6.45) is 0.580. The van der Waals surface area contributed by atoms with Crippen molar-refractivity contribution in [1.82, 2.24) is 10.1 Å². The Morgan fingerprint density at radius 1 is 1.59 bits per heavy atom. The van der Waals surface area contributed by atoms with E-state index in [1.54, 1.807) is 6.92 Å². The van der Waals surface area contributed by atoms with E-state index >= 15 is 0 Å². The van der Waals surface area contributed by atoms with Crippen LogP contribution in [-0.4, -0.2) is 27.3 Å². The second-order valence-electron chi connectivity index (χ2n) is 4.75. The quantitative estimate of drug-likeness (QED) is 0.888. The monoisotopic (exact) mass is 246 g/mol. The number of aliphatic hydroxyl groups is 1. The van der Waals surface area contributed by atoms with E-state index in [0.717, 1.165) is 0 Å². The predicted molar refractivity (Wildman–Crippen MR) is 55.8 cm³/mol. The first kappa shape index (κ1) is 12.4. The number of aliphatic hydroxyl groups excluding tert-OH is 1. The molecule has 2 rings (SSSR count). The summed E-state index contributed by atoms with van der Waals surface area (Å²) in [6, 6.07) is 0. The van der Waals surface area contributed by atoms with Crippen LogP contribution >= 0.6 is 0 Å². The van der Waals surface area contributed by atoms with Crippen LogP contribution in [0.4, 0.5) is 8.78 Å². The van der Waals surface area contributed by atoms with E-state index in [0.29, 0.717) is 24.6 Å². The van der Waals surface area contributed by atoms with Crippen LogP contribution < -0.4 is 0 Å². The first-order valence-corrected chi connectivity index (χ1v) is 5.85. The van der Waals surface area contributed by atoms with Gasteiger partial charge in [0.05, 0.1) is 12.5 Å². The highest BCUT2D eigenvalue weighted by Gasteiger charge is 2.38. The minimum absolute atomic E-state index is 0.0537. The van der Waals surface area contributed by atoms with Crippen molar-refractivity contribution in [2.24, 2.45) is 0 Å². The summed E-state index contributed by atoms with van der Waals surface area (Å²) < 4.78 is 31.4. The molecule has 4 nitrogen and oxygen atoms in total. The summed E-state index contributed by atoms with van der Waals surface area (Å²) in [6.45, 7) is 1.61. The molecule has 96 valence electrons. The van der Waals surface area contributed by atoms with Crippen molar-refractivity contribution in [3.8, 4) is 0 Å². The van der Waals surface area contributed by atoms with Gasteiger partial charge in [-0.25, -0.2) is 8.78 Å². The number of alkyl halides is 2. The molecule has 1 aromatic heterocycles. The van der Waals surface area contributed by atoms with E-state index in [1.807, 2.05) is 0 Å². The first-order valence-electron chi connectivity index (χ1n) is 5.85. The average molecular weight is 246 g/mol. The molecule has 0 saturated heterocycles. The van der Waals surface area contributed by atoms with Gasteiger partial charge in [-0.05, 0) is 19.8 Å². The zero-order valence-corrected chi connectivity index (χ0v) is 9.70. The van der Waals surface area contributed by atoms with Gasteiger partial charge in [0.2, 0.25) is 11.8 Å². The Balaban J connectivity index is 2.04. The standard InChI is InChI=1S/C11H16F2N2O2/c1-7(16)5-9-14-10(15-17-9)8-3-2-4-11(12,13)6-8/h7-8,16H,2-6H2,1H3. The van der Waals surface area contributed by atoms with Gasteiger partial charge in [-0.15, -0.1) is 0 Å². The lowest BCUT2D eigenvalue weighted by Gasteiger charge is -2.26. The van der Waals surface area contributed by atoms with Crippen molar-refractivity contribution in [2.45, 2.75) is 57.0 Å². The lowest BCUT2D eigenvalue weighted by molar-refractivity contribution is -0.0418. The smallest absolute Gasteiger partial charge is 0.248 e. The summed E-state index contributed by atoms with van der Waals surface area (Å²) in [5.41, 5.74) is 0.